The second-order valence-electron chi connectivity index (χ2n) is 7.53. The van der Waals surface area contributed by atoms with Crippen LogP contribution in [0.4, 0.5) is 11.6 Å². The van der Waals surface area contributed by atoms with E-state index in [1.807, 2.05) is 79.8 Å². The van der Waals surface area contributed by atoms with Gasteiger partial charge in [-0.25, -0.2) is 9.97 Å². The van der Waals surface area contributed by atoms with Gasteiger partial charge in [-0.2, -0.15) is 0 Å². The smallest absolute Gasteiger partial charge is 0.259 e. The maximum absolute atomic E-state index is 13.5. The number of anilines is 2. The van der Waals surface area contributed by atoms with E-state index in [1.165, 1.54) is 0 Å². The molecular weight excluding hydrogens is 388 g/mol. The van der Waals surface area contributed by atoms with Crippen LogP contribution in [0.1, 0.15) is 16.8 Å². The number of benzene rings is 3. The first-order valence-corrected chi connectivity index (χ1v) is 10.3. The van der Waals surface area contributed by atoms with E-state index in [-0.39, 0.29) is 5.91 Å². The van der Waals surface area contributed by atoms with E-state index >= 15 is 0 Å². The number of para-hydroxylation sites is 3. The molecular formula is C25H22N4O2. The lowest BCUT2D eigenvalue weighted by Gasteiger charge is -2.23. The van der Waals surface area contributed by atoms with Crippen LogP contribution in [0, 0.1) is 0 Å². The first-order valence-electron chi connectivity index (χ1n) is 10.3. The van der Waals surface area contributed by atoms with E-state index in [1.54, 1.807) is 11.0 Å². The highest BCUT2D eigenvalue weighted by Gasteiger charge is 2.27. The number of amides is 1. The van der Waals surface area contributed by atoms with Crippen molar-refractivity contribution in [3.05, 3.63) is 84.4 Å². The van der Waals surface area contributed by atoms with Gasteiger partial charge >= 0.3 is 0 Å². The second kappa shape index (κ2) is 8.07. The van der Waals surface area contributed by atoms with Gasteiger partial charge in [0.15, 0.2) is 11.6 Å². The Hall–Kier alpha value is -3.93. The summed E-state index contributed by atoms with van der Waals surface area (Å²) in [4.78, 5) is 27.0. The van der Waals surface area contributed by atoms with E-state index in [2.05, 4.69) is 4.90 Å². The van der Waals surface area contributed by atoms with E-state index in [9.17, 15) is 4.79 Å². The number of hydrogen-bond acceptors (Lipinski definition) is 5. The highest BCUT2D eigenvalue weighted by Crippen LogP contribution is 2.32. The lowest BCUT2D eigenvalue weighted by molar-refractivity contribution is 0.0986. The summed E-state index contributed by atoms with van der Waals surface area (Å²) in [5.74, 6) is 2.55. The summed E-state index contributed by atoms with van der Waals surface area (Å²) < 4.78 is 5.92. The monoisotopic (exact) mass is 410 g/mol. The molecule has 0 bridgehead atoms. The molecule has 5 rings (SSSR count). The fraction of sp³-hybridized carbons (Fsp3) is 0.160. The van der Waals surface area contributed by atoms with Crippen LogP contribution in [0.5, 0.6) is 11.5 Å². The van der Waals surface area contributed by atoms with Crippen molar-refractivity contribution >= 4 is 28.6 Å². The van der Waals surface area contributed by atoms with Crippen molar-refractivity contribution in [1.29, 1.82) is 0 Å². The Morgan fingerprint density at radius 2 is 1.48 bits per heavy atom. The van der Waals surface area contributed by atoms with Crippen molar-refractivity contribution < 1.29 is 9.53 Å². The summed E-state index contributed by atoms with van der Waals surface area (Å²) in [6, 6.07) is 24.5. The van der Waals surface area contributed by atoms with E-state index < -0.39 is 0 Å². The molecule has 0 N–H and O–H groups in total. The molecule has 31 heavy (non-hydrogen) atoms. The molecule has 1 aliphatic rings. The number of carbonyl (C=O) groups is 1. The maximum atomic E-state index is 13.5. The zero-order valence-electron chi connectivity index (χ0n) is 17.2. The predicted molar refractivity (Wildman–Crippen MR) is 122 cm³/mol. The van der Waals surface area contributed by atoms with E-state index in [4.69, 9.17) is 14.7 Å². The van der Waals surface area contributed by atoms with Gasteiger partial charge in [0.05, 0.1) is 11.0 Å². The molecule has 0 atom stereocenters. The summed E-state index contributed by atoms with van der Waals surface area (Å²) in [6.45, 7) is 1.38. The Morgan fingerprint density at radius 1 is 0.806 bits per heavy atom. The van der Waals surface area contributed by atoms with Gasteiger partial charge in [0, 0.05) is 25.7 Å². The first-order chi connectivity index (χ1) is 15.2. The number of rotatable bonds is 3. The summed E-state index contributed by atoms with van der Waals surface area (Å²) in [5, 5.41) is 0. The molecule has 154 valence electrons. The van der Waals surface area contributed by atoms with Gasteiger partial charge in [0.25, 0.3) is 5.91 Å². The highest BCUT2D eigenvalue weighted by atomic mass is 16.5. The average molecular weight is 410 g/mol. The van der Waals surface area contributed by atoms with Gasteiger partial charge in [-0.1, -0.05) is 36.4 Å². The summed E-state index contributed by atoms with van der Waals surface area (Å²) in [6.07, 6.45) is 0.830. The zero-order chi connectivity index (χ0) is 21.2. The molecule has 0 fully saturated rings. The molecule has 0 unspecified atom stereocenters. The van der Waals surface area contributed by atoms with Crippen LogP contribution >= 0.6 is 0 Å². The molecule has 1 amide bonds. The van der Waals surface area contributed by atoms with E-state index in [0.29, 0.717) is 23.7 Å². The number of ether oxygens (including phenoxy) is 1. The van der Waals surface area contributed by atoms with Gasteiger partial charge in [0.2, 0.25) is 0 Å². The van der Waals surface area contributed by atoms with Crippen molar-refractivity contribution in [2.75, 3.05) is 29.9 Å². The lowest BCUT2D eigenvalue weighted by atomic mass is 10.1. The minimum absolute atomic E-state index is 0.111. The third-order valence-corrected chi connectivity index (χ3v) is 5.33. The third-order valence-electron chi connectivity index (χ3n) is 5.33. The number of fused-ring (bicyclic) bond motifs is 2. The maximum Gasteiger partial charge on any atom is 0.259 e. The first kappa shape index (κ1) is 19.1. The van der Waals surface area contributed by atoms with Crippen molar-refractivity contribution in [1.82, 2.24) is 9.97 Å². The third kappa shape index (κ3) is 3.80. The minimum atomic E-state index is -0.111. The summed E-state index contributed by atoms with van der Waals surface area (Å²) in [7, 11) is 1.99. The fourth-order valence-corrected chi connectivity index (χ4v) is 3.77. The molecule has 6 nitrogen and oxygen atoms in total. The van der Waals surface area contributed by atoms with Crippen LogP contribution in [-0.4, -0.2) is 36.0 Å². The van der Waals surface area contributed by atoms with Crippen LogP contribution in [0.3, 0.4) is 0 Å². The molecule has 0 radical (unpaired) electrons. The Kier molecular flexibility index (Phi) is 4.96. The molecule has 0 saturated heterocycles. The van der Waals surface area contributed by atoms with Gasteiger partial charge in [0.1, 0.15) is 11.5 Å². The van der Waals surface area contributed by atoms with Crippen molar-refractivity contribution in [2.24, 2.45) is 0 Å². The SMILES string of the molecule is CN1CCCN(C(=O)c2cccc(Oc3ccccc3)c2)c2nc3ccccc3nc21. The van der Waals surface area contributed by atoms with Gasteiger partial charge < -0.3 is 9.64 Å². The van der Waals surface area contributed by atoms with Crippen LogP contribution in [-0.2, 0) is 0 Å². The quantitative estimate of drug-likeness (QED) is 0.480. The molecule has 6 heteroatoms. The molecule has 2 heterocycles. The number of nitrogens with zero attached hydrogens (tertiary/aromatic N) is 4. The van der Waals surface area contributed by atoms with Crippen molar-refractivity contribution in [2.45, 2.75) is 6.42 Å². The second-order valence-corrected chi connectivity index (χ2v) is 7.53. The number of carbonyl (C=O) groups excluding carboxylic acids is 1. The summed E-state index contributed by atoms with van der Waals surface area (Å²) in [5.41, 5.74) is 2.15. The standard InChI is InChI=1S/C25H22N4O2/c1-28-15-8-16-29(24-23(28)26-21-13-5-6-14-22(21)27-24)25(30)18-9-7-12-20(17-18)31-19-10-3-2-4-11-19/h2-7,9-14,17H,8,15-16H2,1H3. The molecule has 4 aromatic rings. The average Bonchev–Trinajstić information content (AvgIpc) is 2.96. The predicted octanol–water partition coefficient (Wildman–Crippen LogP) is 4.91. The Labute approximate surface area is 180 Å². The molecule has 0 spiro atoms. The fourth-order valence-electron chi connectivity index (χ4n) is 3.77. The molecule has 1 aliphatic heterocycles. The molecule has 3 aromatic carbocycles. The van der Waals surface area contributed by atoms with Crippen LogP contribution in [0.25, 0.3) is 11.0 Å². The molecule has 1 aromatic heterocycles. The Balaban J connectivity index is 1.51. The lowest BCUT2D eigenvalue weighted by Crippen LogP contribution is -2.32. The molecule has 0 aliphatic carbocycles. The number of hydrogen-bond donors (Lipinski definition) is 0. The van der Waals surface area contributed by atoms with Gasteiger partial charge in [-0.3, -0.25) is 9.69 Å². The Morgan fingerprint density at radius 3 is 2.26 bits per heavy atom. The normalized spacial score (nSPS) is 13.6. The van der Waals surface area contributed by atoms with Gasteiger partial charge in [-0.15, -0.1) is 0 Å². The zero-order valence-corrected chi connectivity index (χ0v) is 17.2. The van der Waals surface area contributed by atoms with Crippen molar-refractivity contribution in [3.63, 3.8) is 0 Å². The Bertz CT molecular complexity index is 1240. The van der Waals surface area contributed by atoms with Crippen LogP contribution in [0.15, 0.2) is 78.9 Å². The van der Waals surface area contributed by atoms with Crippen LogP contribution in [0.2, 0.25) is 0 Å². The highest BCUT2D eigenvalue weighted by molar-refractivity contribution is 6.07. The minimum Gasteiger partial charge on any atom is -0.457 e. The molecule has 0 saturated carbocycles. The number of aromatic nitrogens is 2. The summed E-state index contributed by atoms with van der Waals surface area (Å²) >= 11 is 0. The van der Waals surface area contributed by atoms with Crippen molar-refractivity contribution in [3.8, 4) is 11.5 Å². The van der Waals surface area contributed by atoms with E-state index in [0.717, 1.165) is 35.6 Å². The van der Waals surface area contributed by atoms with Gasteiger partial charge in [-0.05, 0) is 48.9 Å². The van der Waals surface area contributed by atoms with Crippen LogP contribution < -0.4 is 14.5 Å². The largest absolute Gasteiger partial charge is 0.457 e. The topological polar surface area (TPSA) is 58.6 Å².